The Kier molecular flexibility index (Phi) is 2.80. The Bertz CT molecular complexity index is 343. The van der Waals surface area contributed by atoms with E-state index in [0.29, 0.717) is 21.5 Å². The molecule has 2 nitrogen and oxygen atoms in total. The van der Waals surface area contributed by atoms with Gasteiger partial charge in [-0.1, -0.05) is 23.2 Å². The van der Waals surface area contributed by atoms with Gasteiger partial charge in [-0.2, -0.15) is 0 Å². The minimum absolute atomic E-state index is 0.336. The minimum atomic E-state index is 0.336. The summed E-state index contributed by atoms with van der Waals surface area (Å²) >= 11 is 11.5. The lowest BCUT2D eigenvalue weighted by Crippen LogP contribution is -1.83. The predicted molar refractivity (Wildman–Crippen MR) is 49.3 cm³/mol. The van der Waals surface area contributed by atoms with Crippen molar-refractivity contribution in [2.75, 3.05) is 7.11 Å². The Morgan fingerprint density at radius 2 is 2.00 bits per heavy atom. The molecule has 0 unspecified atom stereocenters. The van der Waals surface area contributed by atoms with Crippen LogP contribution in [0, 0.1) is 6.57 Å². The maximum atomic E-state index is 6.75. The van der Waals surface area contributed by atoms with Crippen LogP contribution in [0.5, 0.6) is 5.75 Å². The normalized spacial score (nSPS) is 9.17. The van der Waals surface area contributed by atoms with Crippen LogP contribution < -0.4 is 4.74 Å². The molecule has 62 valence electrons. The molecule has 0 bridgehead atoms. The molecule has 0 aliphatic heterocycles. The molecular formula is C8H5Cl2NO. The monoisotopic (exact) mass is 201 g/mol. The van der Waals surface area contributed by atoms with Crippen molar-refractivity contribution in [3.05, 3.63) is 33.6 Å². The van der Waals surface area contributed by atoms with Gasteiger partial charge in [-0.25, -0.2) is 4.85 Å². The molecule has 0 radical (unpaired) electrons. The number of hydrogen-bond acceptors (Lipinski definition) is 1. The van der Waals surface area contributed by atoms with Gasteiger partial charge in [-0.3, -0.25) is 0 Å². The first-order valence-corrected chi connectivity index (χ1v) is 3.85. The molecule has 0 atom stereocenters. The molecule has 0 saturated heterocycles. The highest BCUT2D eigenvalue weighted by Crippen LogP contribution is 2.35. The number of benzene rings is 1. The third kappa shape index (κ3) is 1.63. The second-order valence-corrected chi connectivity index (χ2v) is 2.86. The van der Waals surface area contributed by atoms with E-state index < -0.39 is 0 Å². The van der Waals surface area contributed by atoms with Crippen LogP contribution in [0.4, 0.5) is 5.69 Å². The molecule has 1 aromatic rings. The van der Waals surface area contributed by atoms with E-state index in [4.69, 9.17) is 34.5 Å². The van der Waals surface area contributed by atoms with Crippen LogP contribution in [0.1, 0.15) is 0 Å². The lowest BCUT2D eigenvalue weighted by atomic mass is 10.3. The van der Waals surface area contributed by atoms with E-state index >= 15 is 0 Å². The zero-order valence-corrected chi connectivity index (χ0v) is 7.78. The number of hydrogen-bond donors (Lipinski definition) is 0. The first-order valence-electron chi connectivity index (χ1n) is 3.09. The Hall–Kier alpha value is -0.910. The van der Waals surface area contributed by atoms with Gasteiger partial charge in [0, 0.05) is 0 Å². The average Bonchev–Trinajstić information content (AvgIpc) is 2.08. The average molecular weight is 202 g/mol. The zero-order chi connectivity index (χ0) is 9.14. The SMILES string of the molecule is [C-]#[N+]c1cc(Cl)c(OC)cc1Cl. The van der Waals surface area contributed by atoms with E-state index in [1.165, 1.54) is 19.2 Å². The van der Waals surface area contributed by atoms with E-state index in [9.17, 15) is 0 Å². The molecule has 0 spiro atoms. The topological polar surface area (TPSA) is 13.6 Å². The molecule has 4 heteroatoms. The second kappa shape index (κ2) is 3.66. The maximum Gasteiger partial charge on any atom is 0.207 e. The maximum absolute atomic E-state index is 6.75. The van der Waals surface area contributed by atoms with Crippen LogP contribution >= 0.6 is 23.2 Å². The van der Waals surface area contributed by atoms with Crippen LogP contribution in [0.3, 0.4) is 0 Å². The van der Waals surface area contributed by atoms with Crippen molar-refractivity contribution in [1.82, 2.24) is 0 Å². The van der Waals surface area contributed by atoms with Crippen LogP contribution in [-0.4, -0.2) is 7.11 Å². The lowest BCUT2D eigenvalue weighted by Gasteiger charge is -2.03. The van der Waals surface area contributed by atoms with Crippen LogP contribution in [0.15, 0.2) is 12.1 Å². The van der Waals surface area contributed by atoms with Gasteiger partial charge in [0.25, 0.3) is 0 Å². The smallest absolute Gasteiger partial charge is 0.207 e. The van der Waals surface area contributed by atoms with Gasteiger partial charge in [-0.05, 0) is 12.1 Å². The van der Waals surface area contributed by atoms with E-state index in [1.54, 1.807) is 0 Å². The number of nitrogens with zero attached hydrogens (tertiary/aromatic N) is 1. The first-order chi connectivity index (χ1) is 5.69. The molecule has 0 aliphatic carbocycles. The number of rotatable bonds is 1. The van der Waals surface area contributed by atoms with Gasteiger partial charge < -0.3 is 4.74 Å². The molecule has 0 saturated carbocycles. The molecular weight excluding hydrogens is 197 g/mol. The summed E-state index contributed by atoms with van der Waals surface area (Å²) in [4.78, 5) is 3.18. The first kappa shape index (κ1) is 9.18. The molecule has 0 aliphatic rings. The Morgan fingerprint density at radius 3 is 2.50 bits per heavy atom. The summed E-state index contributed by atoms with van der Waals surface area (Å²) in [5, 5.41) is 0.749. The fourth-order valence-corrected chi connectivity index (χ4v) is 1.19. The van der Waals surface area contributed by atoms with Crippen molar-refractivity contribution in [3.63, 3.8) is 0 Å². The van der Waals surface area contributed by atoms with Crippen molar-refractivity contribution in [2.24, 2.45) is 0 Å². The predicted octanol–water partition coefficient (Wildman–Crippen LogP) is 3.55. The Balaban J connectivity index is 3.28. The summed E-state index contributed by atoms with van der Waals surface area (Å²) in [5.41, 5.74) is 0.336. The second-order valence-electron chi connectivity index (χ2n) is 2.05. The van der Waals surface area contributed by atoms with Crippen LogP contribution in [-0.2, 0) is 0 Å². The van der Waals surface area contributed by atoms with Crippen LogP contribution in [0.25, 0.3) is 4.85 Å². The van der Waals surface area contributed by atoms with Crippen LogP contribution in [0.2, 0.25) is 10.0 Å². The zero-order valence-electron chi connectivity index (χ0n) is 6.27. The highest BCUT2D eigenvalue weighted by molar-refractivity contribution is 6.36. The Labute approximate surface area is 80.5 Å². The molecule has 0 N–H and O–H groups in total. The summed E-state index contributed by atoms with van der Waals surface area (Å²) in [6.45, 7) is 6.75. The van der Waals surface area contributed by atoms with Gasteiger partial charge in [-0.15, -0.1) is 0 Å². The van der Waals surface area contributed by atoms with Crippen molar-refractivity contribution in [1.29, 1.82) is 0 Å². The quantitative estimate of drug-likeness (QED) is 0.634. The standard InChI is InChI=1S/C8H5Cl2NO/c1-11-7-3-6(10)8(12-2)4-5(7)9/h3-4H,2H3. The number of halogens is 2. The van der Waals surface area contributed by atoms with Gasteiger partial charge >= 0.3 is 0 Å². The lowest BCUT2D eigenvalue weighted by molar-refractivity contribution is 0.415. The molecule has 12 heavy (non-hydrogen) atoms. The fourth-order valence-electron chi connectivity index (χ4n) is 0.760. The van der Waals surface area contributed by atoms with Crippen molar-refractivity contribution >= 4 is 28.9 Å². The molecule has 1 rings (SSSR count). The summed E-state index contributed by atoms with van der Waals surface area (Å²) < 4.78 is 4.91. The van der Waals surface area contributed by atoms with Gasteiger partial charge in [0.1, 0.15) is 5.75 Å². The van der Waals surface area contributed by atoms with Crippen molar-refractivity contribution < 1.29 is 4.74 Å². The van der Waals surface area contributed by atoms with E-state index in [-0.39, 0.29) is 0 Å². The third-order valence-electron chi connectivity index (χ3n) is 1.34. The summed E-state index contributed by atoms with van der Waals surface area (Å²) in [7, 11) is 1.50. The summed E-state index contributed by atoms with van der Waals surface area (Å²) in [6, 6.07) is 3.01. The van der Waals surface area contributed by atoms with Gasteiger partial charge in [0.2, 0.25) is 5.69 Å². The highest BCUT2D eigenvalue weighted by Gasteiger charge is 2.06. The molecule has 0 aromatic heterocycles. The number of ether oxygens (including phenoxy) is 1. The largest absolute Gasteiger partial charge is 0.495 e. The van der Waals surface area contributed by atoms with E-state index in [1.807, 2.05) is 0 Å². The Morgan fingerprint density at radius 1 is 1.33 bits per heavy atom. The van der Waals surface area contributed by atoms with Crippen molar-refractivity contribution in [2.45, 2.75) is 0 Å². The van der Waals surface area contributed by atoms with Gasteiger partial charge in [0.15, 0.2) is 0 Å². The van der Waals surface area contributed by atoms with Crippen molar-refractivity contribution in [3.8, 4) is 5.75 Å². The number of methoxy groups -OCH3 is 1. The molecule has 0 heterocycles. The molecule has 0 amide bonds. The summed E-state index contributed by atoms with van der Waals surface area (Å²) in [5.74, 6) is 0.481. The molecule has 0 fully saturated rings. The minimum Gasteiger partial charge on any atom is -0.495 e. The summed E-state index contributed by atoms with van der Waals surface area (Å²) in [6.07, 6.45) is 0. The highest BCUT2D eigenvalue weighted by atomic mass is 35.5. The van der Waals surface area contributed by atoms with E-state index in [2.05, 4.69) is 4.85 Å². The molecule has 1 aromatic carbocycles. The fraction of sp³-hybridized carbons (Fsp3) is 0.125. The third-order valence-corrected chi connectivity index (χ3v) is 1.94. The van der Waals surface area contributed by atoms with E-state index in [0.717, 1.165) is 0 Å². The van der Waals surface area contributed by atoms with Gasteiger partial charge in [0.05, 0.1) is 23.7 Å².